The van der Waals surface area contributed by atoms with E-state index < -0.39 is 0 Å². The third-order valence-corrected chi connectivity index (χ3v) is 2.99. The van der Waals surface area contributed by atoms with Gasteiger partial charge in [-0.2, -0.15) is 0 Å². The van der Waals surface area contributed by atoms with Gasteiger partial charge in [0.1, 0.15) is 0 Å². The molecule has 0 aliphatic heterocycles. The second-order valence-electron chi connectivity index (χ2n) is 4.63. The molecule has 2 aromatic rings. The highest BCUT2D eigenvalue weighted by Crippen LogP contribution is 2.15. The summed E-state index contributed by atoms with van der Waals surface area (Å²) in [6, 6.07) is 13.7. The van der Waals surface area contributed by atoms with Crippen molar-refractivity contribution in [3.63, 3.8) is 0 Å². The zero-order chi connectivity index (χ0) is 17.2. The second kappa shape index (κ2) is 8.60. The minimum absolute atomic E-state index is 0.159. The summed E-state index contributed by atoms with van der Waals surface area (Å²) in [4.78, 5) is 17.2. The number of ketones is 1. The van der Waals surface area contributed by atoms with Gasteiger partial charge >= 0.3 is 0 Å². The summed E-state index contributed by atoms with van der Waals surface area (Å²) < 4.78 is 0. The van der Waals surface area contributed by atoms with Crippen LogP contribution in [0.1, 0.15) is 11.1 Å². The van der Waals surface area contributed by atoms with Crippen LogP contribution in [0.2, 0.25) is 0 Å². The SMILES string of the molecule is [N-]=[N+]=Nc1ccc(/C=C/C(=O)/C=C/c2ccc(N=[N+]=[N-])cc2)cc1. The molecular formula is C17H12N6O. The molecule has 0 fully saturated rings. The molecular weight excluding hydrogens is 304 g/mol. The Morgan fingerprint density at radius 1 is 0.750 bits per heavy atom. The maximum absolute atomic E-state index is 11.8. The summed E-state index contributed by atoms with van der Waals surface area (Å²) in [6.45, 7) is 0. The van der Waals surface area contributed by atoms with Crippen molar-refractivity contribution < 1.29 is 4.79 Å². The van der Waals surface area contributed by atoms with Crippen molar-refractivity contribution in [2.75, 3.05) is 0 Å². The molecule has 0 aromatic heterocycles. The van der Waals surface area contributed by atoms with Crippen molar-refractivity contribution in [2.24, 2.45) is 10.2 Å². The maximum Gasteiger partial charge on any atom is 0.178 e. The third-order valence-electron chi connectivity index (χ3n) is 2.99. The first-order chi connectivity index (χ1) is 11.7. The quantitative estimate of drug-likeness (QED) is 0.282. The number of hydrogen-bond donors (Lipinski definition) is 0. The lowest BCUT2D eigenvalue weighted by Gasteiger charge is -1.95. The Morgan fingerprint density at radius 3 is 1.46 bits per heavy atom. The summed E-state index contributed by atoms with van der Waals surface area (Å²) in [7, 11) is 0. The van der Waals surface area contributed by atoms with Crippen LogP contribution in [0.5, 0.6) is 0 Å². The molecule has 0 heterocycles. The fraction of sp³-hybridized carbons (Fsp3) is 0. The molecule has 2 aromatic carbocycles. The minimum atomic E-state index is -0.159. The van der Waals surface area contributed by atoms with Crippen molar-refractivity contribution in [2.45, 2.75) is 0 Å². The van der Waals surface area contributed by atoms with E-state index in [9.17, 15) is 4.79 Å². The van der Waals surface area contributed by atoms with E-state index in [-0.39, 0.29) is 5.78 Å². The van der Waals surface area contributed by atoms with Crippen LogP contribution in [0.25, 0.3) is 33.0 Å². The average molecular weight is 316 g/mol. The van der Waals surface area contributed by atoms with Gasteiger partial charge < -0.3 is 0 Å². The number of rotatable bonds is 6. The lowest BCUT2D eigenvalue weighted by Crippen LogP contribution is -1.84. The summed E-state index contributed by atoms with van der Waals surface area (Å²) >= 11 is 0. The molecule has 116 valence electrons. The molecule has 0 atom stereocenters. The Morgan fingerprint density at radius 2 is 1.12 bits per heavy atom. The van der Waals surface area contributed by atoms with Crippen LogP contribution in [0.15, 0.2) is 70.9 Å². The minimum Gasteiger partial charge on any atom is -0.290 e. The van der Waals surface area contributed by atoms with Crippen LogP contribution in [0, 0.1) is 0 Å². The van der Waals surface area contributed by atoms with Crippen LogP contribution in [0.3, 0.4) is 0 Å². The first kappa shape index (κ1) is 16.6. The van der Waals surface area contributed by atoms with Gasteiger partial charge in [0.25, 0.3) is 0 Å². The Balaban J connectivity index is 1.98. The number of carbonyl (C=O) groups is 1. The predicted octanol–water partition coefficient (Wildman–Crippen LogP) is 5.87. The monoisotopic (exact) mass is 316 g/mol. The van der Waals surface area contributed by atoms with E-state index in [0.717, 1.165) is 11.1 Å². The lowest BCUT2D eigenvalue weighted by molar-refractivity contribution is -0.110. The van der Waals surface area contributed by atoms with E-state index in [0.29, 0.717) is 11.4 Å². The van der Waals surface area contributed by atoms with E-state index in [2.05, 4.69) is 20.1 Å². The van der Waals surface area contributed by atoms with Gasteiger partial charge in [0, 0.05) is 21.2 Å². The van der Waals surface area contributed by atoms with Gasteiger partial charge in [0.05, 0.1) is 0 Å². The number of nitrogens with zero attached hydrogens (tertiary/aromatic N) is 6. The fourth-order valence-corrected chi connectivity index (χ4v) is 1.82. The third kappa shape index (κ3) is 5.20. The van der Waals surface area contributed by atoms with E-state index in [4.69, 9.17) is 11.1 Å². The zero-order valence-electron chi connectivity index (χ0n) is 12.5. The Kier molecular flexibility index (Phi) is 5.94. The molecule has 0 bridgehead atoms. The topological polar surface area (TPSA) is 115 Å². The fourth-order valence-electron chi connectivity index (χ4n) is 1.82. The van der Waals surface area contributed by atoms with E-state index in [1.165, 1.54) is 12.2 Å². The molecule has 7 nitrogen and oxygen atoms in total. The normalized spacial score (nSPS) is 10.3. The number of azide groups is 2. The lowest BCUT2D eigenvalue weighted by atomic mass is 10.1. The van der Waals surface area contributed by atoms with Crippen molar-refractivity contribution in [3.8, 4) is 0 Å². The predicted molar refractivity (Wildman–Crippen MR) is 93.6 cm³/mol. The van der Waals surface area contributed by atoms with Crippen molar-refractivity contribution in [1.82, 2.24) is 0 Å². The molecule has 0 aliphatic rings. The Hall–Kier alpha value is -3.79. The summed E-state index contributed by atoms with van der Waals surface area (Å²) in [6.07, 6.45) is 6.26. The molecule has 2 rings (SSSR count). The Labute approximate surface area is 137 Å². The average Bonchev–Trinajstić information content (AvgIpc) is 2.61. The first-order valence-electron chi connectivity index (χ1n) is 6.92. The van der Waals surface area contributed by atoms with Gasteiger partial charge in [-0.3, -0.25) is 4.79 Å². The smallest absolute Gasteiger partial charge is 0.178 e. The highest BCUT2D eigenvalue weighted by molar-refractivity contribution is 6.04. The summed E-state index contributed by atoms with van der Waals surface area (Å²) in [5.74, 6) is -0.159. The van der Waals surface area contributed by atoms with E-state index >= 15 is 0 Å². The molecule has 0 radical (unpaired) electrons. The van der Waals surface area contributed by atoms with Crippen molar-refractivity contribution in [1.29, 1.82) is 0 Å². The first-order valence-corrected chi connectivity index (χ1v) is 6.92. The maximum atomic E-state index is 11.8. The van der Waals surface area contributed by atoms with Gasteiger partial charge in [-0.25, -0.2) is 0 Å². The van der Waals surface area contributed by atoms with Gasteiger partial charge in [-0.15, -0.1) is 0 Å². The van der Waals surface area contributed by atoms with Crippen LogP contribution in [-0.2, 0) is 4.79 Å². The van der Waals surface area contributed by atoms with Crippen LogP contribution in [0.4, 0.5) is 11.4 Å². The molecule has 0 saturated carbocycles. The number of benzene rings is 2. The molecule has 0 amide bonds. The largest absolute Gasteiger partial charge is 0.290 e. The van der Waals surface area contributed by atoms with Crippen LogP contribution < -0.4 is 0 Å². The highest BCUT2D eigenvalue weighted by atomic mass is 16.1. The van der Waals surface area contributed by atoms with Gasteiger partial charge in [-0.05, 0) is 34.3 Å². The van der Waals surface area contributed by atoms with Crippen LogP contribution in [-0.4, -0.2) is 5.78 Å². The van der Waals surface area contributed by atoms with Crippen LogP contribution >= 0.6 is 0 Å². The Bertz CT molecular complexity index is 795. The molecule has 0 aliphatic carbocycles. The molecule has 0 unspecified atom stereocenters. The van der Waals surface area contributed by atoms with E-state index in [1.807, 2.05) is 0 Å². The molecule has 7 heteroatoms. The molecule has 0 N–H and O–H groups in total. The number of carbonyl (C=O) groups excluding carboxylic acids is 1. The van der Waals surface area contributed by atoms with E-state index in [1.54, 1.807) is 60.7 Å². The number of allylic oxidation sites excluding steroid dienone is 2. The van der Waals surface area contributed by atoms with Gasteiger partial charge in [-0.1, -0.05) is 70.9 Å². The van der Waals surface area contributed by atoms with Gasteiger partial charge in [0.15, 0.2) is 5.78 Å². The summed E-state index contributed by atoms with van der Waals surface area (Å²) in [5.41, 5.74) is 19.4. The second-order valence-corrected chi connectivity index (χ2v) is 4.63. The molecule has 0 spiro atoms. The summed E-state index contributed by atoms with van der Waals surface area (Å²) in [5, 5.41) is 6.95. The highest BCUT2D eigenvalue weighted by Gasteiger charge is 1.93. The number of hydrogen-bond acceptors (Lipinski definition) is 3. The van der Waals surface area contributed by atoms with Crippen molar-refractivity contribution >= 4 is 29.3 Å². The standard InChI is InChI=1S/C17H12N6O/c18-22-20-15-7-1-13(2-8-15)5-11-17(24)12-6-14-3-9-16(10-4-14)21-23-19/h1-12H/b11-5+,12-6+. The molecule has 24 heavy (non-hydrogen) atoms. The zero-order valence-corrected chi connectivity index (χ0v) is 12.5. The molecule has 0 saturated heterocycles. The van der Waals surface area contributed by atoms with Crippen molar-refractivity contribution in [3.05, 3.63) is 92.7 Å². The van der Waals surface area contributed by atoms with Gasteiger partial charge in [0.2, 0.25) is 0 Å².